The van der Waals surface area contributed by atoms with E-state index in [1.807, 2.05) is 0 Å². The van der Waals surface area contributed by atoms with Crippen molar-refractivity contribution < 1.29 is 19.1 Å². The molecule has 0 heterocycles. The number of rotatable bonds is 5. The van der Waals surface area contributed by atoms with E-state index in [0.29, 0.717) is 27.8 Å². The predicted octanol–water partition coefficient (Wildman–Crippen LogP) is 3.96. The summed E-state index contributed by atoms with van der Waals surface area (Å²) in [5, 5.41) is 0.369. The third-order valence-corrected chi connectivity index (χ3v) is 3.40. The maximum Gasteiger partial charge on any atom is 0.240 e. The lowest BCUT2D eigenvalue weighted by molar-refractivity contribution is 0.415. The van der Waals surface area contributed by atoms with E-state index in [1.165, 1.54) is 32.4 Å². The van der Waals surface area contributed by atoms with Gasteiger partial charge in [0, 0.05) is 5.56 Å². The van der Waals surface area contributed by atoms with E-state index < -0.39 is 0 Å². The summed E-state index contributed by atoms with van der Waals surface area (Å²) in [5.41, 5.74) is 2.01. The highest BCUT2D eigenvalue weighted by molar-refractivity contribution is 6.33. The van der Waals surface area contributed by atoms with E-state index in [0.717, 1.165) is 5.56 Å². The summed E-state index contributed by atoms with van der Waals surface area (Å²) < 4.78 is 10.4. The van der Waals surface area contributed by atoms with Crippen LogP contribution in [-0.2, 0) is 9.59 Å². The van der Waals surface area contributed by atoms with Crippen LogP contribution in [0.15, 0.2) is 40.3 Å². The number of hydrogen-bond acceptors (Lipinski definition) is 6. The summed E-state index contributed by atoms with van der Waals surface area (Å²) in [6.07, 6.45) is 2.92. The lowest BCUT2D eigenvalue weighted by Gasteiger charge is -2.11. The lowest BCUT2D eigenvalue weighted by Crippen LogP contribution is -1.89. The van der Waals surface area contributed by atoms with Crippen LogP contribution in [0, 0.1) is 0 Å². The zero-order valence-corrected chi connectivity index (χ0v) is 13.0. The first-order valence-electron chi connectivity index (χ1n) is 6.36. The second-order valence-corrected chi connectivity index (χ2v) is 4.70. The molecule has 0 aliphatic rings. The number of ether oxygens (including phenoxy) is 2. The van der Waals surface area contributed by atoms with Gasteiger partial charge in [-0.05, 0) is 29.8 Å². The Kier molecular flexibility index (Phi) is 5.28. The van der Waals surface area contributed by atoms with Crippen molar-refractivity contribution in [3.05, 3.63) is 35.4 Å². The van der Waals surface area contributed by atoms with Gasteiger partial charge < -0.3 is 9.47 Å². The number of benzene rings is 2. The van der Waals surface area contributed by atoms with Gasteiger partial charge in [0.1, 0.15) is 22.9 Å². The molecule has 0 aliphatic carbocycles. The topological polar surface area (TPSA) is 77.3 Å². The van der Waals surface area contributed by atoms with Crippen molar-refractivity contribution in [2.24, 2.45) is 9.98 Å². The van der Waals surface area contributed by atoms with Crippen molar-refractivity contribution in [2.45, 2.75) is 0 Å². The van der Waals surface area contributed by atoms with Crippen LogP contribution in [0.2, 0.25) is 5.02 Å². The number of halogens is 1. The van der Waals surface area contributed by atoms with E-state index in [9.17, 15) is 9.59 Å². The summed E-state index contributed by atoms with van der Waals surface area (Å²) in [4.78, 5) is 28.0. The average Bonchev–Trinajstić information content (AvgIpc) is 2.56. The van der Waals surface area contributed by atoms with Crippen LogP contribution in [0.1, 0.15) is 0 Å². The van der Waals surface area contributed by atoms with Crippen LogP contribution < -0.4 is 9.47 Å². The molecule has 0 aliphatic heterocycles. The number of carbonyl (C=O) groups excluding carboxylic acids is 2. The van der Waals surface area contributed by atoms with Gasteiger partial charge in [-0.15, -0.1) is 0 Å². The predicted molar refractivity (Wildman–Crippen MR) is 85.6 cm³/mol. The van der Waals surface area contributed by atoms with Crippen LogP contribution in [0.4, 0.5) is 11.4 Å². The average molecular weight is 331 g/mol. The summed E-state index contributed by atoms with van der Waals surface area (Å²) >= 11 is 6.25. The second kappa shape index (κ2) is 7.38. The van der Waals surface area contributed by atoms with Crippen molar-refractivity contribution in [2.75, 3.05) is 14.2 Å². The van der Waals surface area contributed by atoms with Gasteiger partial charge in [-0.25, -0.2) is 9.59 Å². The molecule has 0 fully saturated rings. The summed E-state index contributed by atoms with van der Waals surface area (Å²) in [7, 11) is 2.92. The van der Waals surface area contributed by atoms with Gasteiger partial charge in [0.15, 0.2) is 0 Å². The molecule has 23 heavy (non-hydrogen) atoms. The van der Waals surface area contributed by atoms with E-state index in [-0.39, 0.29) is 5.69 Å². The monoisotopic (exact) mass is 330 g/mol. The smallest absolute Gasteiger partial charge is 0.240 e. The molecule has 0 bridgehead atoms. The summed E-state index contributed by atoms with van der Waals surface area (Å²) in [5.74, 6) is 0.776. The summed E-state index contributed by atoms with van der Waals surface area (Å²) in [6, 6.07) is 8.17. The molecule has 0 saturated carbocycles. The van der Waals surface area contributed by atoms with Crippen molar-refractivity contribution in [3.63, 3.8) is 0 Å². The van der Waals surface area contributed by atoms with E-state index in [1.54, 1.807) is 24.3 Å². The lowest BCUT2D eigenvalue weighted by atomic mass is 10.0. The minimum Gasteiger partial charge on any atom is -0.494 e. The van der Waals surface area contributed by atoms with Gasteiger partial charge in [-0.2, -0.15) is 9.98 Å². The van der Waals surface area contributed by atoms with Crippen LogP contribution in [0.25, 0.3) is 11.1 Å². The third-order valence-electron chi connectivity index (χ3n) is 3.09. The molecule has 7 heteroatoms. The molecule has 0 unspecified atom stereocenters. The van der Waals surface area contributed by atoms with Gasteiger partial charge >= 0.3 is 0 Å². The molecule has 2 aromatic rings. The van der Waals surface area contributed by atoms with E-state index in [4.69, 9.17) is 21.1 Å². The second-order valence-electron chi connectivity index (χ2n) is 4.30. The van der Waals surface area contributed by atoms with Crippen molar-refractivity contribution in [1.82, 2.24) is 0 Å². The standard InChI is InChI=1S/C16H11ClN2O4/c1-22-15-5-10(3-4-13(15)18-8-20)11-6-16(23-2)14(19-9-21)7-12(11)17/h3-7H,1-2H3. The first-order valence-corrected chi connectivity index (χ1v) is 6.74. The Hall–Kier alpha value is -2.91. The molecule has 0 saturated heterocycles. The molecule has 0 amide bonds. The molecule has 2 rings (SSSR count). The van der Waals surface area contributed by atoms with Crippen LogP contribution in [0.3, 0.4) is 0 Å². The molecule has 0 atom stereocenters. The normalized spacial score (nSPS) is 9.52. The van der Waals surface area contributed by atoms with Crippen molar-refractivity contribution in [1.29, 1.82) is 0 Å². The molecule has 116 valence electrons. The molecule has 6 nitrogen and oxygen atoms in total. The first-order chi connectivity index (χ1) is 11.1. The zero-order chi connectivity index (χ0) is 16.8. The molecule has 0 spiro atoms. The largest absolute Gasteiger partial charge is 0.494 e. The quantitative estimate of drug-likeness (QED) is 0.614. The van der Waals surface area contributed by atoms with E-state index in [2.05, 4.69) is 9.98 Å². The number of methoxy groups -OCH3 is 2. The SMILES string of the molecule is COc1cc(-c2cc(OC)c(N=C=O)cc2Cl)ccc1N=C=O. The van der Waals surface area contributed by atoms with Crippen LogP contribution >= 0.6 is 11.6 Å². The number of nitrogens with zero attached hydrogens (tertiary/aromatic N) is 2. The van der Waals surface area contributed by atoms with Gasteiger partial charge in [0.25, 0.3) is 0 Å². The molecular formula is C16H11ClN2O4. The highest BCUT2D eigenvalue weighted by Crippen LogP contribution is 2.40. The van der Waals surface area contributed by atoms with E-state index >= 15 is 0 Å². The zero-order valence-electron chi connectivity index (χ0n) is 12.3. The third kappa shape index (κ3) is 3.47. The Morgan fingerprint density at radius 2 is 1.52 bits per heavy atom. The number of hydrogen-bond donors (Lipinski definition) is 0. The Bertz CT molecular complexity index is 838. The van der Waals surface area contributed by atoms with Gasteiger partial charge in [0.2, 0.25) is 12.2 Å². The molecule has 0 N–H and O–H groups in total. The van der Waals surface area contributed by atoms with Gasteiger partial charge in [0.05, 0.1) is 19.2 Å². The minimum absolute atomic E-state index is 0.283. The fraction of sp³-hybridized carbons (Fsp3) is 0.125. The van der Waals surface area contributed by atoms with Gasteiger partial charge in [-0.1, -0.05) is 17.7 Å². The number of isocyanates is 2. The summed E-state index contributed by atoms with van der Waals surface area (Å²) in [6.45, 7) is 0. The Labute approximate surface area is 137 Å². The molecule has 2 aromatic carbocycles. The highest BCUT2D eigenvalue weighted by atomic mass is 35.5. The van der Waals surface area contributed by atoms with Gasteiger partial charge in [-0.3, -0.25) is 0 Å². The van der Waals surface area contributed by atoms with Crippen LogP contribution in [-0.4, -0.2) is 26.4 Å². The Balaban J connectivity index is 2.62. The van der Waals surface area contributed by atoms with Crippen molar-refractivity contribution in [3.8, 4) is 22.6 Å². The van der Waals surface area contributed by atoms with Crippen LogP contribution in [0.5, 0.6) is 11.5 Å². The number of aliphatic imine (C=N–C) groups is 2. The van der Waals surface area contributed by atoms with Crippen molar-refractivity contribution >= 4 is 35.1 Å². The first kappa shape index (κ1) is 16.5. The molecule has 0 aromatic heterocycles. The maximum atomic E-state index is 10.4. The highest BCUT2D eigenvalue weighted by Gasteiger charge is 2.13. The fourth-order valence-electron chi connectivity index (χ4n) is 2.05. The fourth-order valence-corrected chi connectivity index (χ4v) is 2.32. The maximum absolute atomic E-state index is 10.4. The molecular weight excluding hydrogens is 320 g/mol. The Morgan fingerprint density at radius 1 is 0.913 bits per heavy atom. The Morgan fingerprint density at radius 3 is 2.13 bits per heavy atom. The minimum atomic E-state index is 0.283. The molecule has 0 radical (unpaired) electrons.